The van der Waals surface area contributed by atoms with Crippen LogP contribution in [0.1, 0.15) is 48.9 Å². The van der Waals surface area contributed by atoms with Crippen molar-refractivity contribution in [1.29, 1.82) is 0 Å². The second kappa shape index (κ2) is 5.76. The molecule has 24 heavy (non-hydrogen) atoms. The lowest BCUT2D eigenvalue weighted by Crippen LogP contribution is -2.61. The number of amides is 1. The first-order chi connectivity index (χ1) is 11.1. The molecule has 0 radical (unpaired) electrons. The van der Waals surface area contributed by atoms with Crippen LogP contribution in [0.3, 0.4) is 0 Å². The number of aromatic hydroxyl groups is 1. The quantitative estimate of drug-likeness (QED) is 0.733. The number of carbonyl (C=O) groups is 1. The van der Waals surface area contributed by atoms with Crippen molar-refractivity contribution >= 4 is 39.1 Å². The Morgan fingerprint density at radius 3 is 2.17 bits per heavy atom. The van der Waals surface area contributed by atoms with Crippen LogP contribution in [0.15, 0.2) is 12.1 Å². The molecule has 6 nitrogen and oxygen atoms in total. The van der Waals surface area contributed by atoms with Crippen molar-refractivity contribution in [2.24, 2.45) is 5.14 Å². The average molecular weight is 393 g/mol. The van der Waals surface area contributed by atoms with E-state index in [1.807, 2.05) is 0 Å². The minimum absolute atomic E-state index is 0.00526. The molecular formula is C15H18Cl2N2O4S. The monoisotopic (exact) mass is 392 g/mol. The van der Waals surface area contributed by atoms with E-state index in [9.17, 15) is 18.3 Å². The fourth-order valence-electron chi connectivity index (χ4n) is 3.81. The number of sulfonamides is 1. The third kappa shape index (κ3) is 2.87. The van der Waals surface area contributed by atoms with Crippen molar-refractivity contribution in [2.45, 2.75) is 48.8 Å². The normalized spacial score (nSPS) is 29.5. The van der Waals surface area contributed by atoms with E-state index in [2.05, 4.69) is 5.32 Å². The number of phenols is 1. The summed E-state index contributed by atoms with van der Waals surface area (Å²) in [5, 5.41) is 18.6. The number of nitrogens with one attached hydrogen (secondary N) is 1. The highest BCUT2D eigenvalue weighted by Gasteiger charge is 2.54. The van der Waals surface area contributed by atoms with Crippen LogP contribution in [0.4, 0.5) is 0 Å². The van der Waals surface area contributed by atoms with Crippen LogP contribution in [0.25, 0.3) is 0 Å². The van der Waals surface area contributed by atoms with Crippen LogP contribution < -0.4 is 10.5 Å². The minimum atomic E-state index is -3.61. The van der Waals surface area contributed by atoms with Gasteiger partial charge in [0, 0.05) is 10.6 Å². The standard InChI is InChI=1S/C15H18Cl2N2O4S/c16-9-7-10(12(20)11(17)8-9)13(21)19-14-1-4-15(5-2-14,6-3-14)24(18,22)23/h7-8,20H,1-6H2,(H,19,21)(H2,18,22,23). The lowest BCUT2D eigenvalue weighted by atomic mass is 9.65. The zero-order valence-corrected chi connectivity index (χ0v) is 15.1. The second-order valence-electron chi connectivity index (χ2n) is 6.75. The van der Waals surface area contributed by atoms with Gasteiger partial charge in [0.25, 0.3) is 5.91 Å². The van der Waals surface area contributed by atoms with Gasteiger partial charge in [-0.25, -0.2) is 13.6 Å². The first-order valence-corrected chi connectivity index (χ1v) is 9.91. The summed E-state index contributed by atoms with van der Waals surface area (Å²) >= 11 is 11.8. The Kier molecular flexibility index (Phi) is 4.27. The summed E-state index contributed by atoms with van der Waals surface area (Å²) in [6.07, 6.45) is 2.87. The smallest absolute Gasteiger partial charge is 0.255 e. The maximum Gasteiger partial charge on any atom is 0.255 e. The molecule has 4 N–H and O–H groups in total. The van der Waals surface area contributed by atoms with E-state index in [0.717, 1.165) is 0 Å². The summed E-state index contributed by atoms with van der Waals surface area (Å²) in [6, 6.07) is 2.71. The number of hydrogen-bond acceptors (Lipinski definition) is 4. The molecule has 0 aromatic heterocycles. The number of phenolic OH excluding ortho intramolecular Hbond substituents is 1. The number of primary sulfonamides is 1. The molecule has 3 fully saturated rings. The number of nitrogens with two attached hydrogens (primary N) is 1. The van der Waals surface area contributed by atoms with Crippen LogP contribution in [0.2, 0.25) is 10.0 Å². The summed E-state index contributed by atoms with van der Waals surface area (Å²) in [5.41, 5.74) is -0.471. The van der Waals surface area contributed by atoms with E-state index >= 15 is 0 Å². The molecule has 0 unspecified atom stereocenters. The van der Waals surface area contributed by atoms with Crippen molar-refractivity contribution in [3.8, 4) is 5.75 Å². The lowest BCUT2D eigenvalue weighted by molar-refractivity contribution is 0.0749. The third-order valence-corrected chi connectivity index (χ3v) is 7.76. The molecule has 1 aromatic carbocycles. The topological polar surface area (TPSA) is 109 Å². The van der Waals surface area contributed by atoms with Gasteiger partial charge in [-0.15, -0.1) is 0 Å². The van der Waals surface area contributed by atoms with Gasteiger partial charge in [0.1, 0.15) is 5.75 Å². The number of benzene rings is 1. The van der Waals surface area contributed by atoms with Gasteiger partial charge in [0.2, 0.25) is 10.0 Å². The minimum Gasteiger partial charge on any atom is -0.506 e. The molecule has 1 aromatic rings. The lowest BCUT2D eigenvalue weighted by Gasteiger charge is -2.52. The molecule has 3 aliphatic rings. The van der Waals surface area contributed by atoms with E-state index in [-0.39, 0.29) is 21.4 Å². The Bertz CT molecular complexity index is 785. The molecule has 0 spiro atoms. The summed E-state index contributed by atoms with van der Waals surface area (Å²) in [6.45, 7) is 0. The first-order valence-electron chi connectivity index (χ1n) is 7.60. The van der Waals surface area contributed by atoms with Crippen molar-refractivity contribution < 1.29 is 18.3 Å². The van der Waals surface area contributed by atoms with Crippen molar-refractivity contribution in [3.05, 3.63) is 27.7 Å². The Balaban J connectivity index is 1.80. The van der Waals surface area contributed by atoms with Gasteiger partial charge in [-0.2, -0.15) is 0 Å². The number of fused-ring (bicyclic) bond motifs is 3. The van der Waals surface area contributed by atoms with Gasteiger partial charge < -0.3 is 10.4 Å². The highest BCUT2D eigenvalue weighted by molar-refractivity contribution is 7.90. The van der Waals surface area contributed by atoms with E-state index in [1.165, 1.54) is 12.1 Å². The third-order valence-electron chi connectivity index (χ3n) is 5.43. The van der Waals surface area contributed by atoms with E-state index < -0.39 is 26.2 Å². The largest absolute Gasteiger partial charge is 0.506 e. The van der Waals surface area contributed by atoms with Crippen LogP contribution in [0.5, 0.6) is 5.75 Å². The molecule has 9 heteroatoms. The highest BCUT2D eigenvalue weighted by Crippen LogP contribution is 2.50. The molecule has 0 heterocycles. The summed E-state index contributed by atoms with van der Waals surface area (Å²) in [7, 11) is -3.61. The zero-order chi connectivity index (χ0) is 17.8. The summed E-state index contributed by atoms with van der Waals surface area (Å²) < 4.78 is 22.9. The van der Waals surface area contributed by atoms with E-state index in [0.29, 0.717) is 38.5 Å². The zero-order valence-electron chi connectivity index (χ0n) is 12.8. The number of halogens is 2. The SMILES string of the molecule is NS(=O)(=O)C12CCC(NC(=O)c3cc(Cl)cc(Cl)c3O)(CC1)CC2. The van der Waals surface area contributed by atoms with Crippen LogP contribution in [-0.4, -0.2) is 29.7 Å². The van der Waals surface area contributed by atoms with Crippen LogP contribution in [-0.2, 0) is 10.0 Å². The molecule has 1 amide bonds. The van der Waals surface area contributed by atoms with Gasteiger partial charge in [-0.05, 0) is 50.7 Å². The van der Waals surface area contributed by atoms with E-state index in [4.69, 9.17) is 28.3 Å². The molecule has 0 aliphatic heterocycles. The molecule has 132 valence electrons. The number of rotatable bonds is 3. The fraction of sp³-hybridized carbons (Fsp3) is 0.533. The molecule has 0 atom stereocenters. The first kappa shape index (κ1) is 17.8. The summed E-state index contributed by atoms with van der Waals surface area (Å²) in [5.74, 6) is -0.789. The maximum atomic E-state index is 12.6. The Morgan fingerprint density at radius 1 is 1.12 bits per heavy atom. The molecule has 3 saturated carbocycles. The fourth-order valence-corrected chi connectivity index (χ4v) is 5.47. The molecule has 0 saturated heterocycles. The number of carbonyl (C=O) groups excluding carboxylic acids is 1. The van der Waals surface area contributed by atoms with Gasteiger partial charge in [0.05, 0.1) is 15.3 Å². The predicted octanol–water partition coefficient (Wildman–Crippen LogP) is 2.56. The number of hydrogen-bond donors (Lipinski definition) is 3. The van der Waals surface area contributed by atoms with Crippen molar-refractivity contribution in [1.82, 2.24) is 5.32 Å². The highest BCUT2D eigenvalue weighted by atomic mass is 35.5. The van der Waals surface area contributed by atoms with Crippen LogP contribution >= 0.6 is 23.2 Å². The van der Waals surface area contributed by atoms with Crippen molar-refractivity contribution in [2.75, 3.05) is 0 Å². The maximum absolute atomic E-state index is 12.6. The predicted molar refractivity (Wildman–Crippen MR) is 91.9 cm³/mol. The van der Waals surface area contributed by atoms with E-state index in [1.54, 1.807) is 0 Å². The average Bonchev–Trinajstić information content (AvgIpc) is 2.51. The second-order valence-corrected chi connectivity index (χ2v) is 9.55. The Morgan fingerprint density at radius 2 is 1.67 bits per heavy atom. The Labute approximate surface area is 150 Å². The van der Waals surface area contributed by atoms with Gasteiger partial charge in [-0.3, -0.25) is 4.79 Å². The van der Waals surface area contributed by atoms with Crippen LogP contribution in [0, 0.1) is 0 Å². The van der Waals surface area contributed by atoms with Gasteiger partial charge in [-0.1, -0.05) is 23.2 Å². The molecule has 4 rings (SSSR count). The molecule has 2 bridgehead atoms. The molecule has 3 aliphatic carbocycles. The van der Waals surface area contributed by atoms with Gasteiger partial charge in [0.15, 0.2) is 0 Å². The van der Waals surface area contributed by atoms with Crippen molar-refractivity contribution in [3.63, 3.8) is 0 Å². The molecular weight excluding hydrogens is 375 g/mol. The summed E-state index contributed by atoms with van der Waals surface area (Å²) in [4.78, 5) is 12.6. The van der Waals surface area contributed by atoms with Gasteiger partial charge >= 0.3 is 0 Å². The Hall–Kier alpha value is -1.02.